The molecule has 0 amide bonds. The summed E-state index contributed by atoms with van der Waals surface area (Å²) in [5, 5.41) is 2.93. The van der Waals surface area contributed by atoms with Crippen LogP contribution < -0.4 is 11.1 Å². The lowest BCUT2D eigenvalue weighted by atomic mass is 10.3. The molecular formula is C9H14N2O. The van der Waals surface area contributed by atoms with Crippen LogP contribution in [0.15, 0.2) is 30.3 Å². The van der Waals surface area contributed by atoms with Crippen LogP contribution in [-0.2, 0) is 4.79 Å². The van der Waals surface area contributed by atoms with Crippen molar-refractivity contribution in [1.82, 2.24) is 0 Å². The van der Waals surface area contributed by atoms with Gasteiger partial charge in [-0.2, -0.15) is 0 Å². The quantitative estimate of drug-likeness (QED) is 0.655. The van der Waals surface area contributed by atoms with Gasteiger partial charge in [-0.1, -0.05) is 18.2 Å². The van der Waals surface area contributed by atoms with Gasteiger partial charge in [0.15, 0.2) is 0 Å². The molecule has 66 valence electrons. The van der Waals surface area contributed by atoms with E-state index in [-0.39, 0.29) is 0 Å². The Morgan fingerprint density at radius 3 is 2.42 bits per heavy atom. The van der Waals surface area contributed by atoms with Gasteiger partial charge in [0.05, 0.1) is 6.54 Å². The molecule has 1 aromatic carbocycles. The van der Waals surface area contributed by atoms with E-state index in [1.54, 1.807) is 0 Å². The number of nitrogens with one attached hydrogen (secondary N) is 1. The Morgan fingerprint density at radius 2 is 1.92 bits per heavy atom. The topological polar surface area (TPSA) is 55.1 Å². The van der Waals surface area contributed by atoms with Crippen LogP contribution in [0.25, 0.3) is 0 Å². The van der Waals surface area contributed by atoms with E-state index in [2.05, 4.69) is 11.1 Å². The van der Waals surface area contributed by atoms with E-state index in [1.807, 2.05) is 30.3 Å². The molecule has 12 heavy (non-hydrogen) atoms. The largest absolute Gasteiger partial charge is 0.378 e. The molecule has 0 unspecified atom stereocenters. The van der Waals surface area contributed by atoms with Gasteiger partial charge in [0.25, 0.3) is 0 Å². The molecule has 3 N–H and O–H groups in total. The highest BCUT2D eigenvalue weighted by atomic mass is 16.1. The Bertz CT molecular complexity index is 199. The third-order valence-corrected chi connectivity index (χ3v) is 1.16. The van der Waals surface area contributed by atoms with Gasteiger partial charge in [0.1, 0.15) is 6.29 Å². The molecular weight excluding hydrogens is 152 g/mol. The maximum absolute atomic E-state index is 9.92. The summed E-state index contributed by atoms with van der Waals surface area (Å²) in [6.07, 6.45) is 0.840. The van der Waals surface area contributed by atoms with Gasteiger partial charge in [-0.05, 0) is 19.2 Å². The lowest BCUT2D eigenvalue weighted by Gasteiger charge is -1.98. The summed E-state index contributed by atoms with van der Waals surface area (Å²) >= 11 is 0. The second kappa shape index (κ2) is 7.75. The number of nitrogens with two attached hydrogens (primary N) is 1. The fourth-order valence-corrected chi connectivity index (χ4v) is 0.716. The molecule has 0 atom stereocenters. The van der Waals surface area contributed by atoms with Crippen LogP contribution in [0.3, 0.4) is 0 Å². The van der Waals surface area contributed by atoms with Crippen molar-refractivity contribution in [3.63, 3.8) is 0 Å². The third kappa shape index (κ3) is 4.46. The monoisotopic (exact) mass is 166 g/mol. The highest BCUT2D eigenvalue weighted by molar-refractivity contribution is 5.58. The van der Waals surface area contributed by atoms with Crippen molar-refractivity contribution in [2.24, 2.45) is 5.73 Å². The Hall–Kier alpha value is -1.35. The lowest BCUT2D eigenvalue weighted by molar-refractivity contribution is -0.106. The van der Waals surface area contributed by atoms with Gasteiger partial charge in [0.2, 0.25) is 0 Å². The molecule has 0 aromatic heterocycles. The van der Waals surface area contributed by atoms with Crippen molar-refractivity contribution in [2.45, 2.75) is 0 Å². The SMILES string of the molecule is CN.O=CCNc1ccccc1. The van der Waals surface area contributed by atoms with Crippen molar-refractivity contribution in [2.75, 3.05) is 18.9 Å². The van der Waals surface area contributed by atoms with Crippen molar-refractivity contribution in [3.8, 4) is 0 Å². The zero-order valence-electron chi connectivity index (χ0n) is 7.16. The molecule has 0 aliphatic carbocycles. The normalized spacial score (nSPS) is 7.83. The number of carbonyl (C=O) groups excluding carboxylic acids is 1. The summed E-state index contributed by atoms with van der Waals surface area (Å²) in [5.74, 6) is 0. The van der Waals surface area contributed by atoms with E-state index >= 15 is 0 Å². The minimum atomic E-state index is 0.379. The molecule has 3 heteroatoms. The maximum atomic E-state index is 9.92. The van der Waals surface area contributed by atoms with E-state index in [1.165, 1.54) is 7.05 Å². The number of rotatable bonds is 3. The standard InChI is InChI=1S/C8H9NO.CH5N/c10-7-6-9-8-4-2-1-3-5-8;1-2/h1-5,7,9H,6H2;2H2,1H3. The molecule has 3 nitrogen and oxygen atoms in total. The van der Waals surface area contributed by atoms with Crippen molar-refractivity contribution in [1.29, 1.82) is 0 Å². The molecule has 0 radical (unpaired) electrons. The first-order valence-corrected chi connectivity index (χ1v) is 3.74. The summed E-state index contributed by atoms with van der Waals surface area (Å²) in [4.78, 5) is 9.92. The summed E-state index contributed by atoms with van der Waals surface area (Å²) in [7, 11) is 1.50. The zero-order valence-corrected chi connectivity index (χ0v) is 7.16. The number of hydrogen-bond acceptors (Lipinski definition) is 3. The summed E-state index contributed by atoms with van der Waals surface area (Å²) in [6, 6.07) is 9.62. The molecule has 0 aliphatic heterocycles. The first-order valence-electron chi connectivity index (χ1n) is 3.74. The number of hydrogen-bond donors (Lipinski definition) is 2. The second-order valence-corrected chi connectivity index (χ2v) is 1.91. The number of aldehydes is 1. The molecule has 0 saturated heterocycles. The van der Waals surface area contributed by atoms with Crippen LogP contribution >= 0.6 is 0 Å². The number of anilines is 1. The van der Waals surface area contributed by atoms with Crippen LogP contribution in [0.2, 0.25) is 0 Å². The minimum Gasteiger partial charge on any atom is -0.378 e. The van der Waals surface area contributed by atoms with Crippen molar-refractivity contribution >= 4 is 12.0 Å². The first-order chi connectivity index (χ1) is 5.93. The van der Waals surface area contributed by atoms with Crippen LogP contribution in [0.4, 0.5) is 5.69 Å². The Morgan fingerprint density at radius 1 is 1.33 bits per heavy atom. The van der Waals surface area contributed by atoms with Crippen LogP contribution in [0.1, 0.15) is 0 Å². The minimum absolute atomic E-state index is 0.379. The van der Waals surface area contributed by atoms with E-state index < -0.39 is 0 Å². The van der Waals surface area contributed by atoms with Gasteiger partial charge in [-0.25, -0.2) is 0 Å². The summed E-state index contributed by atoms with van der Waals surface area (Å²) in [5.41, 5.74) is 5.48. The Labute approximate surface area is 72.6 Å². The van der Waals surface area contributed by atoms with Crippen LogP contribution in [0.5, 0.6) is 0 Å². The van der Waals surface area contributed by atoms with Gasteiger partial charge >= 0.3 is 0 Å². The van der Waals surface area contributed by atoms with Crippen LogP contribution in [-0.4, -0.2) is 19.9 Å². The van der Waals surface area contributed by atoms with Gasteiger partial charge < -0.3 is 15.8 Å². The van der Waals surface area contributed by atoms with Crippen LogP contribution in [0, 0.1) is 0 Å². The number of para-hydroxylation sites is 1. The van der Waals surface area contributed by atoms with Crippen molar-refractivity contribution in [3.05, 3.63) is 30.3 Å². The lowest BCUT2D eigenvalue weighted by Crippen LogP contribution is -2.00. The highest BCUT2D eigenvalue weighted by Crippen LogP contribution is 2.02. The molecule has 1 aromatic rings. The smallest absolute Gasteiger partial charge is 0.139 e. The predicted octanol–water partition coefficient (Wildman–Crippen LogP) is 0.872. The average molecular weight is 166 g/mol. The fourth-order valence-electron chi connectivity index (χ4n) is 0.716. The number of carbonyl (C=O) groups is 1. The highest BCUT2D eigenvalue weighted by Gasteiger charge is 1.84. The molecule has 0 bridgehead atoms. The Balaban J connectivity index is 0.000000561. The maximum Gasteiger partial charge on any atom is 0.139 e. The second-order valence-electron chi connectivity index (χ2n) is 1.91. The third-order valence-electron chi connectivity index (χ3n) is 1.16. The van der Waals surface area contributed by atoms with Gasteiger partial charge in [-0.3, -0.25) is 0 Å². The van der Waals surface area contributed by atoms with E-state index in [9.17, 15) is 4.79 Å². The molecule has 0 aliphatic rings. The summed E-state index contributed by atoms with van der Waals surface area (Å²) in [6.45, 7) is 0.379. The molecule has 0 saturated carbocycles. The van der Waals surface area contributed by atoms with E-state index in [4.69, 9.17) is 0 Å². The molecule has 1 rings (SSSR count). The zero-order chi connectivity index (χ0) is 9.23. The summed E-state index contributed by atoms with van der Waals surface area (Å²) < 4.78 is 0. The molecule has 0 heterocycles. The fraction of sp³-hybridized carbons (Fsp3) is 0.222. The van der Waals surface area contributed by atoms with Crippen molar-refractivity contribution < 1.29 is 4.79 Å². The van der Waals surface area contributed by atoms with Gasteiger partial charge in [0, 0.05) is 5.69 Å². The number of benzene rings is 1. The molecule has 0 spiro atoms. The Kier molecular flexibility index (Phi) is 6.88. The van der Waals surface area contributed by atoms with E-state index in [0.29, 0.717) is 6.54 Å². The van der Waals surface area contributed by atoms with Gasteiger partial charge in [-0.15, -0.1) is 0 Å². The molecule has 0 fully saturated rings. The van der Waals surface area contributed by atoms with E-state index in [0.717, 1.165) is 12.0 Å². The predicted molar refractivity (Wildman–Crippen MR) is 51.1 cm³/mol. The average Bonchev–Trinajstić information content (AvgIpc) is 2.19. The first kappa shape index (κ1) is 10.7.